The van der Waals surface area contributed by atoms with Crippen LogP contribution in [0, 0.1) is 0 Å². The molecule has 0 radical (unpaired) electrons. The first kappa shape index (κ1) is 24.5. The highest BCUT2D eigenvalue weighted by atomic mass is 16.6. The molecule has 0 unspecified atom stereocenters. The maximum Gasteiger partial charge on any atom is 0.414 e. The van der Waals surface area contributed by atoms with Crippen molar-refractivity contribution in [1.82, 2.24) is 5.48 Å². The van der Waals surface area contributed by atoms with Gasteiger partial charge < -0.3 is 14.4 Å². The molecule has 1 aliphatic rings. The summed E-state index contributed by atoms with van der Waals surface area (Å²) >= 11 is 0. The Morgan fingerprint density at radius 1 is 0.970 bits per heavy atom. The third-order valence-corrected chi connectivity index (χ3v) is 5.62. The van der Waals surface area contributed by atoms with Gasteiger partial charge in [-0.1, -0.05) is 43.2 Å². The maximum absolute atomic E-state index is 12.9. The summed E-state index contributed by atoms with van der Waals surface area (Å²) in [6.07, 6.45) is 3.11. The Hall–Kier alpha value is -3.10. The normalized spacial score (nSPS) is 13.4. The van der Waals surface area contributed by atoms with Crippen LogP contribution < -0.4 is 15.3 Å². The van der Waals surface area contributed by atoms with Crippen molar-refractivity contribution in [2.75, 3.05) is 42.6 Å². The van der Waals surface area contributed by atoms with Crippen LogP contribution in [0.25, 0.3) is 0 Å². The lowest BCUT2D eigenvalue weighted by Gasteiger charge is -2.29. The smallest absolute Gasteiger partial charge is 0.414 e. The van der Waals surface area contributed by atoms with Gasteiger partial charge in [-0.15, -0.1) is 0 Å². The predicted molar refractivity (Wildman–Crippen MR) is 126 cm³/mol. The lowest BCUT2D eigenvalue weighted by Crippen LogP contribution is -2.36. The summed E-state index contributed by atoms with van der Waals surface area (Å²) in [4.78, 5) is 28.0. The first-order valence-corrected chi connectivity index (χ1v) is 11.5. The number of ether oxygens (including phenoxy) is 2. The number of morpholine rings is 1. The minimum Gasteiger partial charge on any atom is -0.444 e. The highest BCUT2D eigenvalue weighted by Gasteiger charge is 2.18. The highest BCUT2D eigenvalue weighted by Crippen LogP contribution is 2.23. The van der Waals surface area contributed by atoms with E-state index in [2.05, 4.69) is 4.90 Å². The standard InChI is InChI=1S/C25H33N3O5/c29-24(26-31)10-6-1-2-7-15-28(25(30)33-20-21-8-4-3-5-9-21)23-13-11-22(12-14-23)27-16-18-32-19-17-27/h3-5,8-9,11-14,31H,1-2,6-7,10,15-20H2,(H,26,29). The van der Waals surface area contributed by atoms with Gasteiger partial charge in [-0.05, 0) is 42.7 Å². The largest absolute Gasteiger partial charge is 0.444 e. The van der Waals surface area contributed by atoms with Crippen LogP contribution in [0.15, 0.2) is 54.6 Å². The van der Waals surface area contributed by atoms with E-state index in [1.807, 2.05) is 54.6 Å². The Balaban J connectivity index is 1.58. The number of hydrogen-bond donors (Lipinski definition) is 2. The number of benzene rings is 2. The van der Waals surface area contributed by atoms with E-state index in [1.165, 1.54) is 0 Å². The number of hydroxylamine groups is 1. The van der Waals surface area contributed by atoms with Gasteiger partial charge in [0.15, 0.2) is 0 Å². The fourth-order valence-corrected chi connectivity index (χ4v) is 3.75. The second kappa shape index (κ2) is 13.4. The Bertz CT molecular complexity index is 854. The average Bonchev–Trinajstić information content (AvgIpc) is 2.88. The van der Waals surface area contributed by atoms with Crippen molar-refractivity contribution < 1.29 is 24.3 Å². The third-order valence-electron chi connectivity index (χ3n) is 5.62. The zero-order chi connectivity index (χ0) is 23.3. The Morgan fingerprint density at radius 3 is 2.36 bits per heavy atom. The lowest BCUT2D eigenvalue weighted by atomic mass is 10.1. The lowest BCUT2D eigenvalue weighted by molar-refractivity contribution is -0.129. The number of amides is 2. The van der Waals surface area contributed by atoms with Crippen LogP contribution in [0.3, 0.4) is 0 Å². The molecule has 8 heteroatoms. The van der Waals surface area contributed by atoms with Crippen LogP contribution in [0.4, 0.5) is 16.2 Å². The molecule has 0 atom stereocenters. The minimum atomic E-state index is -0.377. The van der Waals surface area contributed by atoms with Crippen LogP contribution in [-0.4, -0.2) is 50.1 Å². The first-order valence-electron chi connectivity index (χ1n) is 11.5. The van der Waals surface area contributed by atoms with Crippen molar-refractivity contribution >= 4 is 23.4 Å². The van der Waals surface area contributed by atoms with Gasteiger partial charge in [-0.25, -0.2) is 10.3 Å². The predicted octanol–water partition coefficient (Wildman–Crippen LogP) is 4.12. The van der Waals surface area contributed by atoms with Crippen molar-refractivity contribution in [2.45, 2.75) is 38.7 Å². The Morgan fingerprint density at radius 2 is 1.67 bits per heavy atom. The monoisotopic (exact) mass is 455 g/mol. The molecule has 0 spiro atoms. The third kappa shape index (κ3) is 8.07. The van der Waals surface area contributed by atoms with E-state index < -0.39 is 0 Å². The van der Waals surface area contributed by atoms with Gasteiger partial charge in [0.05, 0.1) is 13.2 Å². The van der Waals surface area contributed by atoms with Gasteiger partial charge >= 0.3 is 6.09 Å². The maximum atomic E-state index is 12.9. The van der Waals surface area contributed by atoms with Crippen molar-refractivity contribution in [3.8, 4) is 0 Å². The van der Waals surface area contributed by atoms with Gasteiger partial charge in [0, 0.05) is 37.4 Å². The Labute approximate surface area is 195 Å². The summed E-state index contributed by atoms with van der Waals surface area (Å²) in [6, 6.07) is 17.6. The summed E-state index contributed by atoms with van der Waals surface area (Å²) in [5, 5.41) is 8.57. The van der Waals surface area contributed by atoms with Gasteiger partial charge in [0.1, 0.15) is 6.61 Å². The number of hydrogen-bond acceptors (Lipinski definition) is 6. The van der Waals surface area contributed by atoms with E-state index in [9.17, 15) is 9.59 Å². The number of rotatable bonds is 11. The number of unbranched alkanes of at least 4 members (excludes halogenated alkanes) is 3. The molecule has 3 rings (SSSR count). The van der Waals surface area contributed by atoms with Crippen LogP contribution >= 0.6 is 0 Å². The van der Waals surface area contributed by atoms with Crippen molar-refractivity contribution in [3.05, 3.63) is 60.2 Å². The molecular weight excluding hydrogens is 422 g/mol. The molecule has 1 heterocycles. The molecule has 2 aromatic rings. The van der Waals surface area contributed by atoms with Crippen molar-refractivity contribution in [2.24, 2.45) is 0 Å². The number of carbonyl (C=O) groups excluding carboxylic acids is 2. The summed E-state index contributed by atoms with van der Waals surface area (Å²) in [5.74, 6) is -0.374. The minimum absolute atomic E-state index is 0.221. The molecule has 178 valence electrons. The molecule has 1 fully saturated rings. The van der Waals surface area contributed by atoms with Crippen LogP contribution in [0.5, 0.6) is 0 Å². The van der Waals surface area contributed by atoms with E-state index in [-0.39, 0.29) is 18.6 Å². The topological polar surface area (TPSA) is 91.3 Å². The number of carbonyl (C=O) groups is 2. The Kier molecular flexibility index (Phi) is 10.0. The first-order chi connectivity index (χ1) is 16.2. The van der Waals surface area contributed by atoms with Crippen molar-refractivity contribution in [3.63, 3.8) is 0 Å². The summed E-state index contributed by atoms with van der Waals surface area (Å²) in [5.41, 5.74) is 4.50. The summed E-state index contributed by atoms with van der Waals surface area (Å²) in [7, 11) is 0. The second-order valence-corrected chi connectivity index (χ2v) is 8.01. The molecule has 33 heavy (non-hydrogen) atoms. The summed E-state index contributed by atoms with van der Waals surface area (Å²) < 4.78 is 11.0. The van der Waals surface area contributed by atoms with Gasteiger partial charge in [0.2, 0.25) is 5.91 Å². The van der Waals surface area contributed by atoms with E-state index in [0.29, 0.717) is 19.4 Å². The van der Waals surface area contributed by atoms with Gasteiger partial charge in [0.25, 0.3) is 0 Å². The molecule has 0 saturated carbocycles. The van der Waals surface area contributed by atoms with E-state index in [0.717, 1.165) is 62.5 Å². The molecule has 1 saturated heterocycles. The number of nitrogens with zero attached hydrogens (tertiary/aromatic N) is 2. The molecule has 2 N–H and O–H groups in total. The number of nitrogens with one attached hydrogen (secondary N) is 1. The molecule has 0 aliphatic carbocycles. The molecule has 2 aromatic carbocycles. The molecule has 1 aliphatic heterocycles. The van der Waals surface area contributed by atoms with E-state index >= 15 is 0 Å². The highest BCUT2D eigenvalue weighted by molar-refractivity contribution is 5.87. The molecule has 8 nitrogen and oxygen atoms in total. The second-order valence-electron chi connectivity index (χ2n) is 8.01. The zero-order valence-corrected chi connectivity index (χ0v) is 18.9. The van der Waals surface area contributed by atoms with Crippen molar-refractivity contribution in [1.29, 1.82) is 0 Å². The molecule has 2 amide bonds. The molecule has 0 bridgehead atoms. The van der Waals surface area contributed by atoms with E-state index in [1.54, 1.807) is 10.4 Å². The zero-order valence-electron chi connectivity index (χ0n) is 18.9. The quantitative estimate of drug-likeness (QED) is 0.301. The van der Waals surface area contributed by atoms with E-state index in [4.69, 9.17) is 14.7 Å². The number of anilines is 2. The fourth-order valence-electron chi connectivity index (χ4n) is 3.75. The summed E-state index contributed by atoms with van der Waals surface area (Å²) in [6.45, 7) is 3.90. The SMILES string of the molecule is O=C(CCCCCCN(C(=O)OCc1ccccc1)c1ccc(N2CCOCC2)cc1)NO. The molecule has 0 aromatic heterocycles. The van der Waals surface area contributed by atoms with Crippen LogP contribution in [0.2, 0.25) is 0 Å². The van der Waals surface area contributed by atoms with Crippen LogP contribution in [-0.2, 0) is 20.9 Å². The van der Waals surface area contributed by atoms with Gasteiger partial charge in [-0.2, -0.15) is 0 Å². The van der Waals surface area contributed by atoms with Gasteiger partial charge in [-0.3, -0.25) is 14.9 Å². The average molecular weight is 456 g/mol. The fraction of sp³-hybridized carbons (Fsp3) is 0.440. The van der Waals surface area contributed by atoms with Crippen LogP contribution in [0.1, 0.15) is 37.7 Å². The molecular formula is C25H33N3O5.